The molecule has 3 heteroatoms. The van der Waals surface area contributed by atoms with Crippen LogP contribution in [0.1, 0.15) is 12.0 Å². The minimum atomic E-state index is -1.13. The summed E-state index contributed by atoms with van der Waals surface area (Å²) >= 11 is 12.7. The molecule has 0 aliphatic heterocycles. The highest BCUT2D eigenvalue weighted by Gasteiger charge is 2.59. The minimum absolute atomic E-state index is 0.116. The van der Waals surface area contributed by atoms with Gasteiger partial charge in [-0.2, -0.15) is 0 Å². The zero-order valence-electron chi connectivity index (χ0n) is 9.35. The maximum Gasteiger partial charge on any atom is 0.0701 e. The van der Waals surface area contributed by atoms with Gasteiger partial charge in [0.1, 0.15) is 0 Å². The van der Waals surface area contributed by atoms with Crippen LogP contribution in [0.15, 0.2) is 24.3 Å². The van der Waals surface area contributed by atoms with Crippen molar-refractivity contribution in [3.8, 4) is 0 Å². The van der Waals surface area contributed by atoms with Crippen molar-refractivity contribution in [3.63, 3.8) is 0 Å². The lowest BCUT2D eigenvalue weighted by molar-refractivity contribution is 1.000. The molecule has 0 radical (unpaired) electrons. The SMILES string of the molecule is C[Si](C)(C)[C@H]1C[C@]1(Cl)c1cccc(Cl)c1. The van der Waals surface area contributed by atoms with Gasteiger partial charge in [0, 0.05) is 13.1 Å². The standard InChI is InChI=1S/C12H16Cl2Si/c1-15(2,3)11-8-12(11,14)9-5-4-6-10(13)7-9/h4-7,11H,8H2,1-3H3/t11-,12-/m0/s1. The number of rotatable bonds is 2. The van der Waals surface area contributed by atoms with E-state index in [2.05, 4.69) is 25.7 Å². The number of alkyl halides is 1. The monoisotopic (exact) mass is 258 g/mol. The molecule has 0 heterocycles. The normalized spacial score (nSPS) is 30.3. The summed E-state index contributed by atoms with van der Waals surface area (Å²) in [4.78, 5) is -0.116. The number of hydrogen-bond acceptors (Lipinski definition) is 0. The van der Waals surface area contributed by atoms with Gasteiger partial charge < -0.3 is 0 Å². The van der Waals surface area contributed by atoms with Crippen LogP contribution in [-0.4, -0.2) is 8.07 Å². The van der Waals surface area contributed by atoms with Crippen molar-refractivity contribution in [2.45, 2.75) is 36.5 Å². The second-order valence-electron chi connectivity index (χ2n) is 5.50. The predicted octanol–water partition coefficient (Wildman–Crippen LogP) is 4.89. The highest BCUT2D eigenvalue weighted by atomic mass is 35.5. The van der Waals surface area contributed by atoms with Crippen molar-refractivity contribution in [2.24, 2.45) is 0 Å². The van der Waals surface area contributed by atoms with Crippen molar-refractivity contribution in [1.82, 2.24) is 0 Å². The highest BCUT2D eigenvalue weighted by Crippen LogP contribution is 2.66. The van der Waals surface area contributed by atoms with Gasteiger partial charge in [-0.05, 0) is 29.7 Å². The Hall–Kier alpha value is 0.0169. The molecule has 0 bridgehead atoms. The number of hydrogen-bond donors (Lipinski definition) is 0. The second kappa shape index (κ2) is 3.51. The van der Waals surface area contributed by atoms with Gasteiger partial charge in [0.25, 0.3) is 0 Å². The van der Waals surface area contributed by atoms with Gasteiger partial charge in [0.05, 0.1) is 4.87 Å². The Kier molecular flexibility index (Phi) is 2.69. The zero-order valence-corrected chi connectivity index (χ0v) is 11.9. The Morgan fingerprint density at radius 1 is 1.33 bits per heavy atom. The highest BCUT2D eigenvalue weighted by molar-refractivity contribution is 6.79. The summed E-state index contributed by atoms with van der Waals surface area (Å²) in [6.07, 6.45) is 1.12. The van der Waals surface area contributed by atoms with Gasteiger partial charge in [0.15, 0.2) is 0 Å². The summed E-state index contributed by atoms with van der Waals surface area (Å²) in [5, 5.41) is 0.786. The minimum Gasteiger partial charge on any atom is -0.114 e. The van der Waals surface area contributed by atoms with E-state index >= 15 is 0 Å². The maximum atomic E-state index is 6.67. The van der Waals surface area contributed by atoms with E-state index in [0.29, 0.717) is 5.54 Å². The average Bonchev–Trinajstić information content (AvgIpc) is 2.79. The Labute approximate surface area is 103 Å². The largest absolute Gasteiger partial charge is 0.114 e. The number of halogens is 2. The molecule has 1 saturated carbocycles. The van der Waals surface area contributed by atoms with Crippen molar-refractivity contribution < 1.29 is 0 Å². The van der Waals surface area contributed by atoms with Crippen LogP contribution in [0.4, 0.5) is 0 Å². The molecule has 1 aliphatic rings. The first-order valence-electron chi connectivity index (χ1n) is 5.29. The molecule has 1 aliphatic carbocycles. The molecule has 0 nitrogen and oxygen atoms in total. The van der Waals surface area contributed by atoms with Crippen LogP contribution >= 0.6 is 23.2 Å². The van der Waals surface area contributed by atoms with Crippen LogP contribution in [0.5, 0.6) is 0 Å². The fourth-order valence-corrected chi connectivity index (χ4v) is 6.34. The summed E-state index contributed by atoms with van der Waals surface area (Å²) in [7, 11) is -1.13. The molecule has 82 valence electrons. The lowest BCUT2D eigenvalue weighted by atomic mass is 10.1. The van der Waals surface area contributed by atoms with Gasteiger partial charge >= 0.3 is 0 Å². The summed E-state index contributed by atoms with van der Waals surface area (Å²) in [5.41, 5.74) is 1.88. The number of benzene rings is 1. The van der Waals surface area contributed by atoms with E-state index in [9.17, 15) is 0 Å². The first-order chi connectivity index (χ1) is 6.84. The molecule has 0 aromatic heterocycles. The third-order valence-electron chi connectivity index (χ3n) is 3.24. The smallest absolute Gasteiger partial charge is 0.0701 e. The molecule has 0 saturated heterocycles. The first kappa shape index (κ1) is 11.5. The Balaban J connectivity index is 2.27. The van der Waals surface area contributed by atoms with E-state index in [1.807, 2.05) is 18.2 Å². The van der Waals surface area contributed by atoms with Crippen molar-refractivity contribution >= 4 is 31.3 Å². The van der Waals surface area contributed by atoms with Gasteiger partial charge in [-0.15, -0.1) is 11.6 Å². The van der Waals surface area contributed by atoms with Gasteiger partial charge in [-0.3, -0.25) is 0 Å². The van der Waals surface area contributed by atoms with Gasteiger partial charge in [-0.1, -0.05) is 43.4 Å². The fraction of sp³-hybridized carbons (Fsp3) is 0.500. The van der Waals surface area contributed by atoms with Crippen LogP contribution < -0.4 is 0 Å². The van der Waals surface area contributed by atoms with E-state index in [1.165, 1.54) is 5.56 Å². The zero-order chi connectivity index (χ0) is 11.3. The van der Waals surface area contributed by atoms with Crippen LogP contribution in [0.25, 0.3) is 0 Å². The third-order valence-corrected chi connectivity index (χ3v) is 7.09. The molecule has 1 fully saturated rings. The molecule has 1 aromatic rings. The van der Waals surface area contributed by atoms with Crippen molar-refractivity contribution in [1.29, 1.82) is 0 Å². The summed E-state index contributed by atoms with van der Waals surface area (Å²) in [6.45, 7) is 7.14. The molecule has 0 unspecified atom stereocenters. The molecule has 2 rings (SSSR count). The average molecular weight is 259 g/mol. The lowest BCUT2D eigenvalue weighted by Crippen LogP contribution is -2.23. The molecule has 2 atom stereocenters. The van der Waals surface area contributed by atoms with Crippen LogP contribution in [-0.2, 0) is 4.87 Å². The molecule has 0 N–H and O–H groups in total. The molecular weight excluding hydrogens is 243 g/mol. The Bertz CT molecular complexity index is 383. The topological polar surface area (TPSA) is 0 Å². The second-order valence-corrected chi connectivity index (χ2v) is 12.0. The third kappa shape index (κ3) is 2.10. The Morgan fingerprint density at radius 3 is 2.47 bits per heavy atom. The van der Waals surface area contributed by atoms with Crippen molar-refractivity contribution in [2.75, 3.05) is 0 Å². The van der Waals surface area contributed by atoms with Gasteiger partial charge in [0.2, 0.25) is 0 Å². The summed E-state index contributed by atoms with van der Waals surface area (Å²) in [5.74, 6) is 0. The predicted molar refractivity (Wildman–Crippen MR) is 70.7 cm³/mol. The van der Waals surface area contributed by atoms with Crippen molar-refractivity contribution in [3.05, 3.63) is 34.9 Å². The summed E-state index contributed by atoms with van der Waals surface area (Å²) in [6, 6.07) is 7.99. The Morgan fingerprint density at radius 2 is 2.00 bits per heavy atom. The molecule has 0 spiro atoms. The van der Waals surface area contributed by atoms with E-state index in [1.54, 1.807) is 0 Å². The molecular formula is C12H16Cl2Si. The summed E-state index contributed by atoms with van der Waals surface area (Å²) < 4.78 is 0. The fourth-order valence-electron chi connectivity index (χ4n) is 2.30. The van der Waals surface area contributed by atoms with E-state index in [4.69, 9.17) is 23.2 Å². The van der Waals surface area contributed by atoms with E-state index < -0.39 is 8.07 Å². The van der Waals surface area contributed by atoms with Crippen LogP contribution in [0.2, 0.25) is 30.2 Å². The molecule has 0 amide bonds. The maximum absolute atomic E-state index is 6.67. The van der Waals surface area contributed by atoms with Crippen LogP contribution in [0.3, 0.4) is 0 Å². The quantitative estimate of drug-likeness (QED) is 0.524. The lowest BCUT2D eigenvalue weighted by Gasteiger charge is -2.19. The van der Waals surface area contributed by atoms with Gasteiger partial charge in [-0.25, -0.2) is 0 Å². The first-order valence-corrected chi connectivity index (χ1v) is 9.62. The van der Waals surface area contributed by atoms with Crippen LogP contribution in [0, 0.1) is 0 Å². The molecule has 1 aromatic carbocycles. The van der Waals surface area contributed by atoms with E-state index in [0.717, 1.165) is 11.4 Å². The molecule has 15 heavy (non-hydrogen) atoms. The van der Waals surface area contributed by atoms with E-state index in [-0.39, 0.29) is 4.87 Å².